The first-order valence-electron chi connectivity index (χ1n) is 9.19. The molecule has 1 fully saturated rings. The van der Waals surface area contributed by atoms with Crippen LogP contribution in [0.2, 0.25) is 0 Å². The second kappa shape index (κ2) is 6.82. The van der Waals surface area contributed by atoms with Gasteiger partial charge in [0.25, 0.3) is 0 Å². The van der Waals surface area contributed by atoms with Crippen molar-refractivity contribution >= 4 is 0 Å². The van der Waals surface area contributed by atoms with E-state index in [1.807, 2.05) is 0 Å². The number of hydrogen-bond acceptors (Lipinski definition) is 3. The summed E-state index contributed by atoms with van der Waals surface area (Å²) < 4.78 is 6.15. The molecule has 2 aliphatic rings. The van der Waals surface area contributed by atoms with Crippen LogP contribution in [-0.2, 0) is 0 Å². The number of nitrogens with one attached hydrogen (secondary N) is 1. The summed E-state index contributed by atoms with van der Waals surface area (Å²) in [5.74, 6) is 1.82. The topological polar surface area (TPSA) is 24.5 Å². The zero-order valence-corrected chi connectivity index (χ0v) is 15.1. The summed E-state index contributed by atoms with van der Waals surface area (Å²) in [6.45, 7) is 12.7. The van der Waals surface area contributed by atoms with Crippen molar-refractivity contribution in [2.45, 2.75) is 64.6 Å². The van der Waals surface area contributed by atoms with Gasteiger partial charge in [-0.05, 0) is 51.8 Å². The second-order valence-electron chi connectivity index (χ2n) is 8.29. The minimum absolute atomic E-state index is 0.0929. The van der Waals surface area contributed by atoms with Gasteiger partial charge >= 0.3 is 0 Å². The second-order valence-corrected chi connectivity index (χ2v) is 8.29. The average Bonchev–Trinajstić information content (AvgIpc) is 2.47. The number of rotatable bonds is 4. The monoisotopic (exact) mass is 316 g/mol. The molecule has 1 aromatic rings. The molecule has 0 radical (unpaired) electrons. The highest BCUT2D eigenvalue weighted by Gasteiger charge is 2.34. The summed E-state index contributed by atoms with van der Waals surface area (Å²) >= 11 is 0. The molecule has 1 N–H and O–H groups in total. The Morgan fingerprint density at radius 3 is 2.61 bits per heavy atom. The van der Waals surface area contributed by atoms with Gasteiger partial charge in [-0.15, -0.1) is 0 Å². The maximum Gasteiger partial charge on any atom is 0.124 e. The van der Waals surface area contributed by atoms with E-state index in [4.69, 9.17) is 4.74 Å². The SMILES string of the molecule is CC(C)CN1CCC(N[C@H]2CC(C)(C)Oc3ccccc32)CC1. The van der Waals surface area contributed by atoms with E-state index in [2.05, 4.69) is 62.2 Å². The van der Waals surface area contributed by atoms with Crippen LogP contribution in [0, 0.1) is 5.92 Å². The molecule has 0 unspecified atom stereocenters. The van der Waals surface area contributed by atoms with Crippen LogP contribution >= 0.6 is 0 Å². The van der Waals surface area contributed by atoms with Crippen molar-refractivity contribution in [1.82, 2.24) is 10.2 Å². The Hall–Kier alpha value is -1.06. The van der Waals surface area contributed by atoms with Gasteiger partial charge in [-0.3, -0.25) is 0 Å². The molecule has 0 spiro atoms. The van der Waals surface area contributed by atoms with Gasteiger partial charge in [0.1, 0.15) is 11.4 Å². The molecule has 3 heteroatoms. The normalized spacial score (nSPS) is 25.2. The third-order valence-electron chi connectivity index (χ3n) is 5.02. The molecule has 23 heavy (non-hydrogen) atoms. The predicted octanol–water partition coefficient (Wildman–Crippen LogP) is 4.00. The first-order valence-corrected chi connectivity index (χ1v) is 9.19. The molecule has 1 aromatic carbocycles. The molecule has 128 valence electrons. The van der Waals surface area contributed by atoms with E-state index in [0.717, 1.165) is 18.1 Å². The molecule has 1 atom stereocenters. The van der Waals surface area contributed by atoms with E-state index in [-0.39, 0.29) is 5.60 Å². The van der Waals surface area contributed by atoms with E-state index >= 15 is 0 Å². The molecular formula is C20H32N2O. The maximum absolute atomic E-state index is 6.15. The minimum Gasteiger partial charge on any atom is -0.487 e. The molecule has 0 bridgehead atoms. The summed E-state index contributed by atoms with van der Waals surface area (Å²) in [7, 11) is 0. The molecular weight excluding hydrogens is 284 g/mol. The third kappa shape index (κ3) is 4.27. The highest BCUT2D eigenvalue weighted by Crippen LogP contribution is 2.39. The number of para-hydroxylation sites is 1. The van der Waals surface area contributed by atoms with Gasteiger partial charge in [-0.1, -0.05) is 32.0 Å². The van der Waals surface area contributed by atoms with Gasteiger partial charge in [0, 0.05) is 30.6 Å². The lowest BCUT2D eigenvalue weighted by atomic mass is 9.88. The fourth-order valence-corrected chi connectivity index (χ4v) is 4.03. The molecule has 3 nitrogen and oxygen atoms in total. The van der Waals surface area contributed by atoms with Crippen LogP contribution in [0.4, 0.5) is 0 Å². The molecule has 2 heterocycles. The minimum atomic E-state index is -0.0929. The molecule has 2 aliphatic heterocycles. The van der Waals surface area contributed by atoms with Crippen molar-refractivity contribution in [2.75, 3.05) is 19.6 Å². The molecule has 1 saturated heterocycles. The lowest BCUT2D eigenvalue weighted by Crippen LogP contribution is -2.47. The van der Waals surface area contributed by atoms with Crippen LogP contribution in [0.15, 0.2) is 24.3 Å². The summed E-state index contributed by atoms with van der Waals surface area (Å²) in [4.78, 5) is 2.62. The standard InChI is InChI=1S/C20H32N2O/c1-15(2)14-22-11-9-16(10-12-22)21-18-13-20(3,4)23-19-8-6-5-7-17(18)19/h5-8,15-16,18,21H,9-14H2,1-4H3/t18-/m0/s1. The van der Waals surface area contributed by atoms with Crippen LogP contribution in [0.5, 0.6) is 5.75 Å². The smallest absolute Gasteiger partial charge is 0.124 e. The zero-order chi connectivity index (χ0) is 16.4. The molecule has 0 saturated carbocycles. The number of fused-ring (bicyclic) bond motifs is 1. The van der Waals surface area contributed by atoms with Crippen molar-refractivity contribution < 1.29 is 4.74 Å². The van der Waals surface area contributed by atoms with E-state index in [9.17, 15) is 0 Å². The highest BCUT2D eigenvalue weighted by molar-refractivity contribution is 5.38. The van der Waals surface area contributed by atoms with Gasteiger partial charge in [0.2, 0.25) is 0 Å². The first kappa shape index (κ1) is 16.8. The zero-order valence-electron chi connectivity index (χ0n) is 15.1. The largest absolute Gasteiger partial charge is 0.487 e. The van der Waals surface area contributed by atoms with E-state index in [1.54, 1.807) is 0 Å². The van der Waals surface area contributed by atoms with Gasteiger partial charge in [-0.25, -0.2) is 0 Å². The summed E-state index contributed by atoms with van der Waals surface area (Å²) in [6.07, 6.45) is 3.55. The predicted molar refractivity (Wildman–Crippen MR) is 95.9 cm³/mol. The fraction of sp³-hybridized carbons (Fsp3) is 0.700. The van der Waals surface area contributed by atoms with Crippen LogP contribution in [0.25, 0.3) is 0 Å². The molecule has 3 rings (SSSR count). The maximum atomic E-state index is 6.15. The fourth-order valence-electron chi connectivity index (χ4n) is 4.03. The van der Waals surface area contributed by atoms with Crippen molar-refractivity contribution in [3.8, 4) is 5.75 Å². The van der Waals surface area contributed by atoms with E-state index in [1.165, 1.54) is 38.0 Å². The molecule has 0 aliphatic carbocycles. The van der Waals surface area contributed by atoms with E-state index < -0.39 is 0 Å². The number of likely N-dealkylation sites (tertiary alicyclic amines) is 1. The summed E-state index contributed by atoms with van der Waals surface area (Å²) in [5, 5.41) is 3.94. The van der Waals surface area contributed by atoms with Gasteiger partial charge in [0.05, 0.1) is 0 Å². The van der Waals surface area contributed by atoms with Crippen molar-refractivity contribution in [3.63, 3.8) is 0 Å². The Kier molecular flexibility index (Phi) is 4.98. The number of ether oxygens (including phenoxy) is 1. The van der Waals surface area contributed by atoms with Gasteiger partial charge < -0.3 is 15.0 Å². The summed E-state index contributed by atoms with van der Waals surface area (Å²) in [6, 6.07) is 9.57. The number of hydrogen-bond donors (Lipinski definition) is 1. The molecule has 0 aromatic heterocycles. The lowest BCUT2D eigenvalue weighted by molar-refractivity contribution is 0.0602. The van der Waals surface area contributed by atoms with Crippen LogP contribution in [0.1, 0.15) is 58.6 Å². The molecule has 0 amide bonds. The number of piperidine rings is 1. The lowest BCUT2D eigenvalue weighted by Gasteiger charge is -2.41. The Bertz CT molecular complexity index is 518. The number of benzene rings is 1. The van der Waals surface area contributed by atoms with E-state index in [0.29, 0.717) is 12.1 Å². The Morgan fingerprint density at radius 2 is 1.91 bits per heavy atom. The Balaban J connectivity index is 1.62. The average molecular weight is 316 g/mol. The number of nitrogens with zero attached hydrogens (tertiary/aromatic N) is 1. The van der Waals surface area contributed by atoms with Crippen LogP contribution in [-0.4, -0.2) is 36.2 Å². The van der Waals surface area contributed by atoms with Gasteiger partial charge in [-0.2, -0.15) is 0 Å². The third-order valence-corrected chi connectivity index (χ3v) is 5.02. The van der Waals surface area contributed by atoms with Crippen LogP contribution in [0.3, 0.4) is 0 Å². The van der Waals surface area contributed by atoms with Crippen molar-refractivity contribution in [1.29, 1.82) is 0 Å². The Morgan fingerprint density at radius 1 is 1.22 bits per heavy atom. The van der Waals surface area contributed by atoms with Crippen molar-refractivity contribution in [2.24, 2.45) is 5.92 Å². The van der Waals surface area contributed by atoms with Gasteiger partial charge in [0.15, 0.2) is 0 Å². The summed E-state index contributed by atoms with van der Waals surface area (Å²) in [5.41, 5.74) is 1.24. The quantitative estimate of drug-likeness (QED) is 0.908. The van der Waals surface area contributed by atoms with Crippen LogP contribution < -0.4 is 10.1 Å². The Labute approximate surface area is 141 Å². The first-order chi connectivity index (χ1) is 10.9. The highest BCUT2D eigenvalue weighted by atomic mass is 16.5. The van der Waals surface area contributed by atoms with Crippen molar-refractivity contribution in [3.05, 3.63) is 29.8 Å².